The number of carbonyl (C=O) groups excluding carboxylic acids is 5. The molecule has 2 fully saturated rings. The van der Waals surface area contributed by atoms with E-state index in [0.29, 0.717) is 36.0 Å². The van der Waals surface area contributed by atoms with Gasteiger partial charge in [-0.3, -0.25) is 38.8 Å². The minimum atomic E-state index is -1.86. The summed E-state index contributed by atoms with van der Waals surface area (Å²) in [6.45, 7) is 5.10. The van der Waals surface area contributed by atoms with Gasteiger partial charge < -0.3 is 100 Å². The lowest BCUT2D eigenvalue weighted by Crippen LogP contribution is -2.67. The van der Waals surface area contributed by atoms with E-state index in [4.69, 9.17) is 63.5 Å². The second kappa shape index (κ2) is 39.8. The van der Waals surface area contributed by atoms with Crippen LogP contribution in [0.5, 0.6) is 34.5 Å². The molecule has 536 valence electrons. The van der Waals surface area contributed by atoms with Gasteiger partial charge in [0.1, 0.15) is 71.1 Å². The van der Waals surface area contributed by atoms with Gasteiger partial charge in [0.15, 0.2) is 24.8 Å². The summed E-state index contributed by atoms with van der Waals surface area (Å²) in [7, 11) is 5.57. The van der Waals surface area contributed by atoms with Crippen molar-refractivity contribution >= 4 is 46.9 Å². The smallest absolute Gasteiger partial charge is 0.303 e. The number of aliphatic hydroxyl groups is 4. The number of nitrogens with zero attached hydrogens (tertiary/aromatic N) is 2. The van der Waals surface area contributed by atoms with Crippen LogP contribution in [0.25, 0.3) is 0 Å². The molecule has 4 unspecified atom stereocenters. The van der Waals surface area contributed by atoms with E-state index in [1.165, 1.54) is 19.8 Å². The number of ether oxygens (including phenoxy) is 9. The number of carboxylic acid groups (broad SMARTS) is 1. The monoisotopic (exact) mass is 1380 g/mol. The van der Waals surface area contributed by atoms with E-state index in [1.807, 2.05) is 159 Å². The largest absolute Gasteiger partial charge is 0.497 e. The van der Waals surface area contributed by atoms with Crippen molar-refractivity contribution in [3.05, 3.63) is 179 Å². The maximum Gasteiger partial charge on any atom is 0.303 e. The number of rotatable bonds is 33. The first kappa shape index (κ1) is 77.6. The number of nitrogens with one attached hydrogen (secondary N) is 5. The van der Waals surface area contributed by atoms with Crippen LogP contribution in [0.15, 0.2) is 156 Å². The van der Waals surface area contributed by atoms with Gasteiger partial charge in [-0.05, 0) is 135 Å². The summed E-state index contributed by atoms with van der Waals surface area (Å²) in [5.74, 6) is 0.564. The molecule has 28 nitrogen and oxygen atoms in total. The highest BCUT2D eigenvalue weighted by atomic mass is 16.7. The Balaban J connectivity index is 0.000000345. The van der Waals surface area contributed by atoms with Crippen LogP contribution in [0, 0.1) is 13.8 Å². The third-order valence-corrected chi connectivity index (χ3v) is 15.6. The fourth-order valence-electron chi connectivity index (χ4n) is 10.2. The van der Waals surface area contributed by atoms with E-state index in [-0.39, 0.29) is 76.8 Å². The Bertz CT molecular complexity index is 3640. The quantitative estimate of drug-likeness (QED) is 0.0208. The van der Waals surface area contributed by atoms with Gasteiger partial charge in [-0.2, -0.15) is 0 Å². The number of aliphatic imine (C=N–C) groups is 2. The second-order valence-electron chi connectivity index (χ2n) is 23.0. The van der Waals surface area contributed by atoms with Crippen molar-refractivity contribution in [1.82, 2.24) is 26.6 Å². The highest BCUT2D eigenvalue weighted by Gasteiger charge is 2.54. The number of carbonyl (C=O) groups is 6. The molecule has 0 radical (unpaired) electrons. The van der Waals surface area contributed by atoms with Crippen LogP contribution in [0.4, 0.5) is 0 Å². The number of aliphatic hydroxyl groups excluding tert-OH is 4. The Kier molecular flexibility index (Phi) is 30.9. The van der Waals surface area contributed by atoms with E-state index < -0.39 is 85.1 Å². The van der Waals surface area contributed by atoms with Gasteiger partial charge >= 0.3 is 5.97 Å². The normalized spacial score (nSPS) is 20.5. The summed E-state index contributed by atoms with van der Waals surface area (Å²) in [5, 5.41) is 64.9. The van der Waals surface area contributed by atoms with Gasteiger partial charge in [-0.1, -0.05) is 35.4 Å². The molecular formula is C72H88N8O20. The molecule has 0 saturated carbocycles. The zero-order valence-corrected chi connectivity index (χ0v) is 56.4. The summed E-state index contributed by atoms with van der Waals surface area (Å²) >= 11 is 0. The fraction of sp³-hybridized carbons (Fsp3) is 0.389. The Morgan fingerprint density at radius 1 is 0.420 bits per heavy atom. The van der Waals surface area contributed by atoms with E-state index >= 15 is 0 Å². The average Bonchev–Trinajstić information content (AvgIpc) is 0.777. The molecule has 2 aliphatic rings. The standard InChI is InChI=1S/C45H60N6O15.C27H28N2O5/c1-25-5-11-29(12-6-25)63-30-15-9-27(10-16-30)33(26-7-13-28(60-2)14-8-26)49-23-21-47-31(52)17-18-32(53)48-22-24-51-42(58)40-38(61-3)34(54)37(57)45(66-40)64-39-35(55)36(56)44(62-4)65-41(39)43(59)50-20-19-46;1-19-3-9-23(10-4-19)34-24-13-7-21(8-14-24)27(20-5-11-22(33-2)12-6-20)29-18-17-28-25(30)15-16-26(31)32/h5-16,34-41,44-45,54-57H,17-24,46H2,1-4H3,(H,47,52)(H,48,53)(H,50,59)(H,51,58);3-14H,15-18H2,1-2H3,(H,28,30)(H,31,32)/t34-,35-,36?,37?,38+,39+,40?,41?,44-,45-;/m1./s1. The number of carboxylic acids is 1. The number of aryl methyl sites for hydroxylation is 2. The van der Waals surface area contributed by atoms with Crippen molar-refractivity contribution < 1.29 is 96.9 Å². The lowest BCUT2D eigenvalue weighted by Gasteiger charge is -2.46. The van der Waals surface area contributed by atoms with E-state index in [9.17, 15) is 49.2 Å². The van der Waals surface area contributed by atoms with Gasteiger partial charge in [-0.15, -0.1) is 0 Å². The maximum atomic E-state index is 13.3. The fourth-order valence-corrected chi connectivity index (χ4v) is 10.2. The number of aliphatic carboxylic acids is 1. The predicted octanol–water partition coefficient (Wildman–Crippen LogP) is 3.39. The number of nitrogens with two attached hydrogens (primary N) is 1. The van der Waals surface area contributed by atoms with Gasteiger partial charge in [0.25, 0.3) is 11.8 Å². The summed E-state index contributed by atoms with van der Waals surface area (Å²) < 4.78 is 49.7. The van der Waals surface area contributed by atoms with Crippen LogP contribution in [-0.4, -0.2) is 215 Å². The first-order chi connectivity index (χ1) is 48.2. The lowest BCUT2D eigenvalue weighted by molar-refractivity contribution is -0.346. The van der Waals surface area contributed by atoms with Crippen molar-refractivity contribution in [3.8, 4) is 34.5 Å². The van der Waals surface area contributed by atoms with Gasteiger partial charge in [0, 0.05) is 95.0 Å². The molecule has 5 amide bonds. The van der Waals surface area contributed by atoms with Gasteiger partial charge in [0.2, 0.25) is 17.7 Å². The summed E-state index contributed by atoms with van der Waals surface area (Å²) in [5.41, 5.74) is 12.7. The van der Waals surface area contributed by atoms with Crippen LogP contribution in [-0.2, 0) is 52.5 Å². The Hall–Kier alpha value is -9.72. The third-order valence-electron chi connectivity index (χ3n) is 15.6. The van der Waals surface area contributed by atoms with Crippen LogP contribution in [0.1, 0.15) is 59.1 Å². The Morgan fingerprint density at radius 3 is 1.15 bits per heavy atom. The SMILES string of the molecule is COc1ccc(C(=NCCNC(=O)CCC(=O)NCCNC(=O)C2O[C@@H](O[C@@H]3C(C(=O)NCCN)O[C@@H](OC)C(O)[C@H]3O)C(O)[C@@H](O)[C@@H]2OC)c2ccc(Oc3ccc(C)cc3)cc2)cc1.COc1ccc(C(=NCCNC(=O)CCC(=O)O)c2ccc(Oc3ccc(C)cc3)cc2)cc1. The number of methoxy groups -OCH3 is 4. The molecular weight excluding hydrogens is 1300 g/mol. The molecule has 2 saturated heterocycles. The molecule has 6 aromatic rings. The highest BCUT2D eigenvalue weighted by molar-refractivity contribution is 6.13. The third kappa shape index (κ3) is 23.5. The number of benzene rings is 6. The molecule has 2 aliphatic heterocycles. The van der Waals surface area contributed by atoms with E-state index in [1.54, 1.807) is 14.2 Å². The molecule has 0 aromatic heterocycles. The van der Waals surface area contributed by atoms with Gasteiger partial charge in [0.05, 0.1) is 45.2 Å². The van der Waals surface area contributed by atoms with Crippen LogP contribution in [0.3, 0.4) is 0 Å². The zero-order valence-electron chi connectivity index (χ0n) is 56.4. The molecule has 0 bridgehead atoms. The Labute approximate surface area is 579 Å². The second-order valence-corrected chi connectivity index (χ2v) is 23.0. The van der Waals surface area contributed by atoms with E-state index in [2.05, 4.69) is 26.6 Å². The molecule has 100 heavy (non-hydrogen) atoms. The van der Waals surface area contributed by atoms with Crippen LogP contribution in [0.2, 0.25) is 0 Å². The molecule has 28 heteroatoms. The molecule has 0 spiro atoms. The molecule has 8 rings (SSSR count). The highest BCUT2D eigenvalue weighted by Crippen LogP contribution is 2.32. The molecule has 2 heterocycles. The topological polar surface area (TPSA) is 398 Å². The zero-order chi connectivity index (χ0) is 72.1. The summed E-state index contributed by atoms with van der Waals surface area (Å²) in [4.78, 5) is 83.3. The van der Waals surface area contributed by atoms with Crippen LogP contribution < -0.4 is 51.3 Å². The van der Waals surface area contributed by atoms with Gasteiger partial charge in [-0.25, -0.2) is 0 Å². The molecule has 0 aliphatic carbocycles. The first-order valence-electron chi connectivity index (χ1n) is 32.3. The van der Waals surface area contributed by atoms with Crippen molar-refractivity contribution in [1.29, 1.82) is 0 Å². The van der Waals surface area contributed by atoms with Crippen molar-refractivity contribution in [2.24, 2.45) is 15.7 Å². The van der Waals surface area contributed by atoms with E-state index in [0.717, 1.165) is 50.8 Å². The maximum absolute atomic E-state index is 13.3. The van der Waals surface area contributed by atoms with Crippen molar-refractivity contribution in [2.45, 2.75) is 101 Å². The minimum absolute atomic E-state index is 0.0328. The molecule has 6 aromatic carbocycles. The van der Waals surface area contributed by atoms with Crippen LogP contribution >= 0.6 is 0 Å². The summed E-state index contributed by atoms with van der Waals surface area (Å²) in [6, 6.07) is 45.9. The number of hydrogen-bond acceptors (Lipinski definition) is 22. The average molecular weight is 1390 g/mol. The predicted molar refractivity (Wildman–Crippen MR) is 367 cm³/mol. The number of amides is 5. The molecule has 12 N–H and O–H groups in total. The molecule has 10 atom stereocenters. The number of hydrogen-bond donors (Lipinski definition) is 11. The summed E-state index contributed by atoms with van der Waals surface area (Å²) in [6.07, 6.45) is -17.2. The van der Waals surface area contributed by atoms with Crippen molar-refractivity contribution in [2.75, 3.05) is 80.8 Å². The first-order valence-corrected chi connectivity index (χ1v) is 32.3. The minimum Gasteiger partial charge on any atom is -0.497 e. The van der Waals surface area contributed by atoms with Crippen molar-refractivity contribution in [3.63, 3.8) is 0 Å². The Morgan fingerprint density at radius 2 is 0.760 bits per heavy atom. The lowest BCUT2D eigenvalue weighted by atomic mass is 9.96.